The van der Waals surface area contributed by atoms with Gasteiger partial charge >= 0.3 is 0 Å². The highest BCUT2D eigenvalue weighted by Crippen LogP contribution is 2.35. The van der Waals surface area contributed by atoms with Gasteiger partial charge in [0.2, 0.25) is 0 Å². The number of likely N-dealkylation sites (tertiary alicyclic amines) is 1. The van der Waals surface area contributed by atoms with E-state index in [1.165, 1.54) is 0 Å². The number of carbonyl (C=O) groups excluding carboxylic acids is 1. The maximum absolute atomic E-state index is 12.7. The maximum Gasteiger partial charge on any atom is 0.256 e. The average molecular weight is 331 g/mol. The highest BCUT2D eigenvalue weighted by molar-refractivity contribution is 6.30. The Labute approximate surface area is 136 Å². The highest BCUT2D eigenvalue weighted by Gasteiger charge is 2.46. The van der Waals surface area contributed by atoms with Crippen LogP contribution in [-0.4, -0.2) is 54.7 Å². The number of amides is 1. The average Bonchev–Trinajstić information content (AvgIpc) is 2.85. The minimum atomic E-state index is -0.411. The molecule has 2 aliphatic heterocycles. The molecule has 0 bridgehead atoms. The summed E-state index contributed by atoms with van der Waals surface area (Å²) in [6.07, 6.45) is 1.74. The van der Waals surface area contributed by atoms with Crippen LogP contribution in [-0.2, 0) is 4.74 Å². The summed E-state index contributed by atoms with van der Waals surface area (Å²) < 4.78 is 5.96. The SMILES string of the molecule is CN1CCC2(CC1)OCCN2C(=O)c1cccc(Cl)c1.Cl. The third-order valence-corrected chi connectivity index (χ3v) is 4.50. The molecular formula is C15H20Cl2N2O2. The molecule has 1 amide bonds. The smallest absolute Gasteiger partial charge is 0.256 e. The van der Waals surface area contributed by atoms with Gasteiger partial charge in [0.1, 0.15) is 5.72 Å². The Morgan fingerprint density at radius 3 is 2.67 bits per heavy atom. The van der Waals surface area contributed by atoms with Gasteiger partial charge in [-0.2, -0.15) is 0 Å². The summed E-state index contributed by atoms with van der Waals surface area (Å²) in [6.45, 7) is 3.20. The van der Waals surface area contributed by atoms with Crippen molar-refractivity contribution in [3.8, 4) is 0 Å². The lowest BCUT2D eigenvalue weighted by molar-refractivity contribution is -0.102. The molecule has 0 aliphatic carbocycles. The van der Waals surface area contributed by atoms with E-state index in [0.29, 0.717) is 23.7 Å². The molecule has 2 saturated heterocycles. The molecule has 2 heterocycles. The Balaban J connectivity index is 0.00000161. The van der Waals surface area contributed by atoms with E-state index in [1.54, 1.807) is 12.1 Å². The molecule has 2 fully saturated rings. The summed E-state index contributed by atoms with van der Waals surface area (Å²) in [5, 5.41) is 0.591. The summed E-state index contributed by atoms with van der Waals surface area (Å²) in [5.74, 6) is 0.0227. The molecular weight excluding hydrogens is 311 g/mol. The van der Waals surface area contributed by atoms with Crippen LogP contribution in [0.2, 0.25) is 5.02 Å². The second kappa shape index (κ2) is 6.53. The molecule has 1 spiro atoms. The third kappa shape index (κ3) is 3.19. The molecule has 0 unspecified atom stereocenters. The quantitative estimate of drug-likeness (QED) is 0.793. The molecule has 0 aromatic heterocycles. The Kier molecular flexibility index (Phi) is 5.15. The zero-order valence-electron chi connectivity index (χ0n) is 12.0. The van der Waals surface area contributed by atoms with Crippen molar-refractivity contribution in [3.05, 3.63) is 34.9 Å². The highest BCUT2D eigenvalue weighted by atomic mass is 35.5. The fourth-order valence-electron chi connectivity index (χ4n) is 3.05. The number of hydrogen-bond donors (Lipinski definition) is 0. The van der Waals surface area contributed by atoms with E-state index in [1.807, 2.05) is 17.0 Å². The summed E-state index contributed by atoms with van der Waals surface area (Å²) in [5.41, 5.74) is 0.229. The molecule has 0 atom stereocenters. The van der Waals surface area contributed by atoms with Crippen molar-refractivity contribution in [1.82, 2.24) is 9.80 Å². The van der Waals surface area contributed by atoms with Gasteiger partial charge in [-0.05, 0) is 25.2 Å². The minimum absolute atomic E-state index is 0. The molecule has 2 aliphatic rings. The van der Waals surface area contributed by atoms with Crippen LogP contribution < -0.4 is 0 Å². The molecule has 1 aromatic carbocycles. The van der Waals surface area contributed by atoms with Crippen LogP contribution in [0.1, 0.15) is 23.2 Å². The van der Waals surface area contributed by atoms with Crippen molar-refractivity contribution < 1.29 is 9.53 Å². The number of ether oxygens (including phenoxy) is 1. The third-order valence-electron chi connectivity index (χ3n) is 4.26. The summed E-state index contributed by atoms with van der Waals surface area (Å²) >= 11 is 5.98. The van der Waals surface area contributed by atoms with Gasteiger partial charge < -0.3 is 14.5 Å². The van der Waals surface area contributed by atoms with Crippen LogP contribution >= 0.6 is 24.0 Å². The number of hydrogen-bond acceptors (Lipinski definition) is 3. The Morgan fingerprint density at radius 1 is 1.29 bits per heavy atom. The van der Waals surface area contributed by atoms with Crippen LogP contribution in [0, 0.1) is 0 Å². The van der Waals surface area contributed by atoms with Gasteiger partial charge in [-0.3, -0.25) is 4.79 Å². The van der Waals surface area contributed by atoms with Gasteiger partial charge in [0.15, 0.2) is 0 Å². The maximum atomic E-state index is 12.7. The zero-order chi connectivity index (χ0) is 14.2. The van der Waals surface area contributed by atoms with E-state index in [2.05, 4.69) is 11.9 Å². The number of benzene rings is 1. The van der Waals surface area contributed by atoms with Crippen LogP contribution in [0.15, 0.2) is 24.3 Å². The monoisotopic (exact) mass is 330 g/mol. The van der Waals surface area contributed by atoms with Gasteiger partial charge in [0.25, 0.3) is 5.91 Å². The first-order chi connectivity index (χ1) is 9.61. The van der Waals surface area contributed by atoms with Gasteiger partial charge in [0, 0.05) is 43.1 Å². The Morgan fingerprint density at radius 2 is 2.00 bits per heavy atom. The number of halogens is 2. The lowest BCUT2D eigenvalue weighted by atomic mass is 9.98. The normalized spacial score (nSPS) is 21.3. The van der Waals surface area contributed by atoms with Crippen LogP contribution in [0.5, 0.6) is 0 Å². The summed E-state index contributed by atoms with van der Waals surface area (Å²) in [7, 11) is 2.10. The van der Waals surface area contributed by atoms with Crippen molar-refractivity contribution in [2.24, 2.45) is 0 Å². The van der Waals surface area contributed by atoms with Crippen molar-refractivity contribution >= 4 is 29.9 Å². The largest absolute Gasteiger partial charge is 0.354 e. The topological polar surface area (TPSA) is 32.8 Å². The van der Waals surface area contributed by atoms with E-state index in [-0.39, 0.29) is 18.3 Å². The van der Waals surface area contributed by atoms with E-state index in [4.69, 9.17) is 16.3 Å². The van der Waals surface area contributed by atoms with E-state index in [9.17, 15) is 4.79 Å². The molecule has 3 rings (SSSR count). The number of nitrogens with zero attached hydrogens (tertiary/aromatic N) is 2. The molecule has 0 saturated carbocycles. The number of piperidine rings is 1. The van der Waals surface area contributed by atoms with Gasteiger partial charge in [-0.1, -0.05) is 17.7 Å². The second-order valence-corrected chi connectivity index (χ2v) is 6.00. The van der Waals surface area contributed by atoms with Crippen LogP contribution in [0.4, 0.5) is 0 Å². The molecule has 0 radical (unpaired) electrons. The molecule has 21 heavy (non-hydrogen) atoms. The predicted octanol–water partition coefficient (Wildman–Crippen LogP) is 2.66. The lowest BCUT2D eigenvalue weighted by Gasteiger charge is -2.42. The second-order valence-electron chi connectivity index (χ2n) is 5.57. The molecule has 0 N–H and O–H groups in total. The van der Waals surface area contributed by atoms with Gasteiger partial charge in [-0.15, -0.1) is 12.4 Å². The summed E-state index contributed by atoms with van der Waals surface area (Å²) in [6, 6.07) is 7.14. The van der Waals surface area contributed by atoms with E-state index >= 15 is 0 Å². The molecule has 116 valence electrons. The first-order valence-corrected chi connectivity index (χ1v) is 7.39. The minimum Gasteiger partial charge on any atom is -0.354 e. The fourth-order valence-corrected chi connectivity index (χ4v) is 3.25. The Bertz CT molecular complexity index is 516. The summed E-state index contributed by atoms with van der Waals surface area (Å²) in [4.78, 5) is 16.9. The Hall–Kier alpha value is -0.810. The van der Waals surface area contributed by atoms with Crippen LogP contribution in [0.25, 0.3) is 0 Å². The van der Waals surface area contributed by atoms with Gasteiger partial charge in [-0.25, -0.2) is 0 Å². The zero-order valence-corrected chi connectivity index (χ0v) is 13.6. The number of carbonyl (C=O) groups is 1. The van der Waals surface area contributed by atoms with E-state index in [0.717, 1.165) is 25.9 Å². The molecule has 1 aromatic rings. The van der Waals surface area contributed by atoms with E-state index < -0.39 is 5.72 Å². The lowest BCUT2D eigenvalue weighted by Crippen LogP contribution is -2.54. The first kappa shape index (κ1) is 16.6. The van der Waals surface area contributed by atoms with Crippen molar-refractivity contribution in [2.45, 2.75) is 18.6 Å². The van der Waals surface area contributed by atoms with Gasteiger partial charge in [0.05, 0.1) is 6.61 Å². The first-order valence-electron chi connectivity index (χ1n) is 7.01. The number of rotatable bonds is 1. The van der Waals surface area contributed by atoms with Crippen molar-refractivity contribution in [1.29, 1.82) is 0 Å². The standard InChI is InChI=1S/C15H19ClN2O2.ClH/c1-17-7-5-15(6-8-17)18(9-10-20-15)14(19)12-3-2-4-13(16)11-12;/h2-4,11H,5-10H2,1H3;1H. The predicted molar refractivity (Wildman–Crippen MR) is 85.2 cm³/mol. The molecule has 4 nitrogen and oxygen atoms in total. The van der Waals surface area contributed by atoms with Crippen molar-refractivity contribution in [3.63, 3.8) is 0 Å². The van der Waals surface area contributed by atoms with Crippen LogP contribution in [0.3, 0.4) is 0 Å². The fraction of sp³-hybridized carbons (Fsp3) is 0.533. The van der Waals surface area contributed by atoms with Crippen molar-refractivity contribution in [2.75, 3.05) is 33.3 Å². The molecule has 6 heteroatoms.